The Bertz CT molecular complexity index is 499. The zero-order chi connectivity index (χ0) is 9.97. The Labute approximate surface area is 85.5 Å². The fourth-order valence-electron chi connectivity index (χ4n) is 1.11. The summed E-state index contributed by atoms with van der Waals surface area (Å²) in [4.78, 5) is 0. The van der Waals surface area contributed by atoms with E-state index in [1.54, 1.807) is 18.2 Å². The van der Waals surface area contributed by atoms with Gasteiger partial charge >= 0.3 is 0 Å². The van der Waals surface area contributed by atoms with Crippen LogP contribution in [0.15, 0.2) is 34.9 Å². The Morgan fingerprint density at radius 2 is 2.21 bits per heavy atom. The highest BCUT2D eigenvalue weighted by Crippen LogP contribution is 2.22. The summed E-state index contributed by atoms with van der Waals surface area (Å²) in [7, 11) is 0. The molecule has 0 saturated carbocycles. The maximum atomic E-state index is 8.55. The van der Waals surface area contributed by atoms with Gasteiger partial charge in [-0.1, -0.05) is 28.9 Å². The fraction of sp³-hybridized carbons (Fsp3) is 0. The highest BCUT2D eigenvalue weighted by Gasteiger charge is 2.05. The highest BCUT2D eigenvalue weighted by atomic mass is 35.5. The third kappa shape index (κ3) is 1.61. The van der Waals surface area contributed by atoms with Crippen molar-refractivity contribution in [2.75, 3.05) is 0 Å². The summed E-state index contributed by atoms with van der Waals surface area (Å²) in [5.41, 5.74) is 1.08. The van der Waals surface area contributed by atoms with Crippen LogP contribution in [-0.4, -0.2) is 5.16 Å². The van der Waals surface area contributed by atoms with Crippen molar-refractivity contribution in [3.63, 3.8) is 0 Å². The van der Waals surface area contributed by atoms with Gasteiger partial charge in [0.05, 0.1) is 0 Å². The maximum absolute atomic E-state index is 8.55. The number of rotatable bonds is 1. The molecule has 1 aromatic carbocycles. The molecule has 2 rings (SSSR count). The summed E-state index contributed by atoms with van der Waals surface area (Å²) in [6.07, 6.45) is 0. The van der Waals surface area contributed by atoms with Crippen LogP contribution in [0.3, 0.4) is 0 Å². The topological polar surface area (TPSA) is 49.8 Å². The third-order valence-electron chi connectivity index (χ3n) is 1.73. The van der Waals surface area contributed by atoms with E-state index in [0.29, 0.717) is 10.8 Å². The summed E-state index contributed by atoms with van der Waals surface area (Å²) >= 11 is 5.81. The quantitative estimate of drug-likeness (QED) is 0.718. The van der Waals surface area contributed by atoms with E-state index in [9.17, 15) is 0 Å². The van der Waals surface area contributed by atoms with Gasteiger partial charge in [-0.25, -0.2) is 0 Å². The number of nitriles is 1. The molecule has 0 spiro atoms. The van der Waals surface area contributed by atoms with Crippen molar-refractivity contribution >= 4 is 11.6 Å². The summed E-state index contributed by atoms with van der Waals surface area (Å²) in [5.74, 6) is 0.545. The van der Waals surface area contributed by atoms with Crippen molar-refractivity contribution in [3.8, 4) is 17.4 Å². The van der Waals surface area contributed by atoms with Gasteiger partial charge in [0.2, 0.25) is 0 Å². The maximum Gasteiger partial charge on any atom is 0.184 e. The largest absolute Gasteiger partial charge is 0.355 e. The normalized spacial score (nSPS) is 9.71. The van der Waals surface area contributed by atoms with Crippen LogP contribution in [0.1, 0.15) is 5.69 Å². The van der Waals surface area contributed by atoms with E-state index < -0.39 is 0 Å². The standard InChI is InChI=1S/C10H5ClN2O/c11-8-3-1-2-7(4-8)10-5-9(6-12)13-14-10/h1-5H. The van der Waals surface area contributed by atoms with Gasteiger partial charge in [-0.2, -0.15) is 5.26 Å². The predicted octanol–water partition coefficient (Wildman–Crippen LogP) is 2.87. The smallest absolute Gasteiger partial charge is 0.184 e. The van der Waals surface area contributed by atoms with Crippen molar-refractivity contribution in [2.45, 2.75) is 0 Å². The fourth-order valence-corrected chi connectivity index (χ4v) is 1.30. The van der Waals surface area contributed by atoms with Crippen LogP contribution in [0, 0.1) is 11.3 Å². The molecule has 14 heavy (non-hydrogen) atoms. The lowest BCUT2D eigenvalue weighted by molar-refractivity contribution is 0.430. The minimum absolute atomic E-state index is 0.264. The molecule has 0 fully saturated rings. The first-order chi connectivity index (χ1) is 6.79. The molecule has 0 radical (unpaired) electrons. The van der Waals surface area contributed by atoms with Crippen LogP contribution in [0.4, 0.5) is 0 Å². The lowest BCUT2D eigenvalue weighted by atomic mass is 10.2. The van der Waals surface area contributed by atoms with Crippen LogP contribution in [0.5, 0.6) is 0 Å². The zero-order valence-corrected chi connectivity index (χ0v) is 7.82. The molecule has 0 saturated heterocycles. The van der Waals surface area contributed by atoms with Crippen LogP contribution < -0.4 is 0 Å². The second-order valence-corrected chi connectivity index (χ2v) is 3.13. The summed E-state index contributed by atoms with van der Waals surface area (Å²) < 4.78 is 4.97. The van der Waals surface area contributed by atoms with E-state index in [-0.39, 0.29) is 5.69 Å². The first-order valence-electron chi connectivity index (χ1n) is 3.92. The molecule has 1 heterocycles. The summed E-state index contributed by atoms with van der Waals surface area (Å²) in [6.45, 7) is 0. The van der Waals surface area contributed by atoms with Gasteiger partial charge < -0.3 is 4.52 Å². The molecule has 2 aromatic rings. The molecule has 0 aliphatic carbocycles. The second kappa shape index (κ2) is 3.52. The molecule has 0 N–H and O–H groups in total. The van der Waals surface area contributed by atoms with E-state index >= 15 is 0 Å². The molecule has 0 aliphatic heterocycles. The zero-order valence-electron chi connectivity index (χ0n) is 7.07. The minimum Gasteiger partial charge on any atom is -0.355 e. The van der Waals surface area contributed by atoms with Gasteiger partial charge in [0.15, 0.2) is 11.5 Å². The molecular formula is C10H5ClN2O. The summed E-state index contributed by atoms with van der Waals surface area (Å²) in [6, 6.07) is 10.6. The molecule has 1 aromatic heterocycles. The number of aromatic nitrogens is 1. The van der Waals surface area contributed by atoms with Crippen molar-refractivity contribution in [1.82, 2.24) is 5.16 Å². The molecule has 68 valence electrons. The summed E-state index contributed by atoms with van der Waals surface area (Å²) in [5, 5.41) is 12.7. The number of hydrogen-bond donors (Lipinski definition) is 0. The van der Waals surface area contributed by atoms with Gasteiger partial charge in [-0.15, -0.1) is 0 Å². The predicted molar refractivity (Wildman–Crippen MR) is 51.7 cm³/mol. The molecular weight excluding hydrogens is 200 g/mol. The van der Waals surface area contributed by atoms with Crippen LogP contribution in [-0.2, 0) is 0 Å². The molecule has 0 aliphatic rings. The lowest BCUT2D eigenvalue weighted by Gasteiger charge is -1.94. The van der Waals surface area contributed by atoms with Crippen LogP contribution in [0.25, 0.3) is 11.3 Å². The monoisotopic (exact) mass is 204 g/mol. The van der Waals surface area contributed by atoms with Gasteiger partial charge in [0.1, 0.15) is 6.07 Å². The van der Waals surface area contributed by atoms with Gasteiger partial charge in [-0.05, 0) is 12.1 Å². The molecule has 0 amide bonds. The minimum atomic E-state index is 0.264. The van der Waals surface area contributed by atoms with Crippen molar-refractivity contribution in [1.29, 1.82) is 5.26 Å². The first kappa shape index (κ1) is 8.79. The van der Waals surface area contributed by atoms with Gasteiger partial charge in [0.25, 0.3) is 0 Å². The second-order valence-electron chi connectivity index (χ2n) is 2.70. The molecule has 3 nitrogen and oxygen atoms in total. The molecule has 4 heteroatoms. The number of hydrogen-bond acceptors (Lipinski definition) is 3. The van der Waals surface area contributed by atoms with Gasteiger partial charge in [0, 0.05) is 16.7 Å². The Morgan fingerprint density at radius 1 is 1.36 bits per heavy atom. The third-order valence-corrected chi connectivity index (χ3v) is 1.97. The van der Waals surface area contributed by atoms with Crippen LogP contribution >= 0.6 is 11.6 Å². The van der Waals surface area contributed by atoms with Crippen LogP contribution in [0.2, 0.25) is 5.02 Å². The SMILES string of the molecule is N#Cc1cc(-c2cccc(Cl)c2)on1. The first-order valence-corrected chi connectivity index (χ1v) is 4.30. The Hall–Kier alpha value is -1.79. The van der Waals surface area contributed by atoms with E-state index in [1.807, 2.05) is 18.2 Å². The lowest BCUT2D eigenvalue weighted by Crippen LogP contribution is -1.72. The Balaban J connectivity index is 2.45. The van der Waals surface area contributed by atoms with Gasteiger partial charge in [-0.3, -0.25) is 0 Å². The molecule has 0 atom stereocenters. The Morgan fingerprint density at radius 3 is 2.86 bits per heavy atom. The van der Waals surface area contributed by atoms with E-state index in [2.05, 4.69) is 5.16 Å². The van der Waals surface area contributed by atoms with E-state index in [0.717, 1.165) is 5.56 Å². The number of nitrogens with zero attached hydrogens (tertiary/aromatic N) is 2. The van der Waals surface area contributed by atoms with Crippen molar-refractivity contribution in [3.05, 3.63) is 41.0 Å². The van der Waals surface area contributed by atoms with E-state index in [1.165, 1.54) is 0 Å². The molecule has 0 unspecified atom stereocenters. The van der Waals surface area contributed by atoms with Crippen molar-refractivity contribution in [2.24, 2.45) is 0 Å². The number of halogens is 1. The highest BCUT2D eigenvalue weighted by molar-refractivity contribution is 6.30. The average Bonchev–Trinajstić information content (AvgIpc) is 2.66. The van der Waals surface area contributed by atoms with E-state index in [4.69, 9.17) is 21.4 Å². The Kier molecular flexibility index (Phi) is 2.21. The molecule has 0 bridgehead atoms. The number of benzene rings is 1. The average molecular weight is 205 g/mol. The van der Waals surface area contributed by atoms with Crippen molar-refractivity contribution < 1.29 is 4.52 Å².